The fourth-order valence-electron chi connectivity index (χ4n) is 3.28. The number of carbonyl (C=O) groups is 1. The van der Waals surface area contributed by atoms with E-state index in [9.17, 15) is 9.90 Å². The van der Waals surface area contributed by atoms with Crippen molar-refractivity contribution in [1.82, 2.24) is 14.5 Å². The molecule has 1 aliphatic carbocycles. The molecule has 0 aromatic carbocycles. The number of aromatic nitrogens is 3. The van der Waals surface area contributed by atoms with Crippen LogP contribution in [0.4, 0.5) is 5.95 Å². The molecule has 7 heteroatoms. The van der Waals surface area contributed by atoms with Crippen molar-refractivity contribution >= 4 is 23.0 Å². The smallest absolute Gasteiger partial charge is 0.352 e. The molecule has 0 spiro atoms. The topological polar surface area (TPSA) is 103 Å². The predicted octanol–water partition coefficient (Wildman–Crippen LogP) is 2.14. The van der Waals surface area contributed by atoms with Crippen molar-refractivity contribution in [2.75, 3.05) is 12.8 Å². The molecule has 0 bridgehead atoms. The highest BCUT2D eigenvalue weighted by Crippen LogP contribution is 2.38. The van der Waals surface area contributed by atoms with E-state index in [2.05, 4.69) is 9.97 Å². The second-order valence-corrected chi connectivity index (χ2v) is 5.38. The third kappa shape index (κ3) is 2.00. The number of hydrogen-bond donors (Lipinski definition) is 2. The number of anilines is 1. The van der Waals surface area contributed by atoms with Gasteiger partial charge >= 0.3 is 5.97 Å². The average Bonchev–Trinajstić information content (AvgIpc) is 3.04. The highest BCUT2D eigenvalue weighted by molar-refractivity contribution is 5.99. The van der Waals surface area contributed by atoms with Gasteiger partial charge in [-0.1, -0.05) is 12.8 Å². The molecular weight excluding hydrogens is 272 g/mol. The van der Waals surface area contributed by atoms with Crippen LogP contribution in [0.3, 0.4) is 0 Å². The van der Waals surface area contributed by atoms with E-state index in [4.69, 9.17) is 10.5 Å². The summed E-state index contributed by atoms with van der Waals surface area (Å²) in [5.74, 6) is -0.541. The molecule has 1 aliphatic rings. The lowest BCUT2D eigenvalue weighted by Crippen LogP contribution is -2.14. The fraction of sp³-hybridized carbons (Fsp3) is 0.500. The van der Waals surface area contributed by atoms with Gasteiger partial charge in [0.2, 0.25) is 11.8 Å². The summed E-state index contributed by atoms with van der Waals surface area (Å²) in [5, 5.41) is 10.2. The molecule has 1 saturated carbocycles. The lowest BCUT2D eigenvalue weighted by atomic mass is 10.2. The zero-order valence-electron chi connectivity index (χ0n) is 12.1. The highest BCUT2D eigenvalue weighted by Gasteiger charge is 2.29. The zero-order valence-corrected chi connectivity index (χ0v) is 12.1. The van der Waals surface area contributed by atoms with Crippen LogP contribution in [0.5, 0.6) is 5.88 Å². The van der Waals surface area contributed by atoms with Gasteiger partial charge in [0, 0.05) is 6.04 Å². The summed E-state index contributed by atoms with van der Waals surface area (Å²) in [6.07, 6.45) is 4.10. The second-order valence-electron chi connectivity index (χ2n) is 5.38. The first kappa shape index (κ1) is 13.7. The van der Waals surface area contributed by atoms with Gasteiger partial charge in [-0.15, -0.1) is 0 Å². The second kappa shape index (κ2) is 4.91. The molecule has 0 atom stereocenters. The van der Waals surface area contributed by atoms with Gasteiger partial charge in [0.1, 0.15) is 5.69 Å². The largest absolute Gasteiger partial charge is 0.480 e. The average molecular weight is 290 g/mol. The van der Waals surface area contributed by atoms with Crippen molar-refractivity contribution in [3.63, 3.8) is 0 Å². The van der Waals surface area contributed by atoms with Crippen molar-refractivity contribution < 1.29 is 14.6 Å². The number of ether oxygens (including phenoxy) is 1. The molecule has 2 heterocycles. The van der Waals surface area contributed by atoms with E-state index in [0.717, 1.165) is 25.7 Å². The molecule has 1 fully saturated rings. The Morgan fingerprint density at radius 1 is 1.38 bits per heavy atom. The van der Waals surface area contributed by atoms with E-state index in [1.54, 1.807) is 11.5 Å². The Morgan fingerprint density at radius 3 is 2.62 bits per heavy atom. The number of aromatic carboxylic acids is 1. The van der Waals surface area contributed by atoms with Gasteiger partial charge in [0.05, 0.1) is 12.5 Å². The fourth-order valence-corrected chi connectivity index (χ4v) is 3.28. The van der Waals surface area contributed by atoms with E-state index in [1.165, 1.54) is 7.11 Å². The minimum absolute atomic E-state index is 0.0908. The van der Waals surface area contributed by atoms with Crippen LogP contribution in [-0.4, -0.2) is 32.7 Å². The third-order valence-electron chi connectivity index (χ3n) is 4.16. The van der Waals surface area contributed by atoms with E-state index in [1.807, 2.05) is 0 Å². The van der Waals surface area contributed by atoms with Crippen LogP contribution in [0.2, 0.25) is 0 Å². The summed E-state index contributed by atoms with van der Waals surface area (Å²) in [7, 11) is 1.49. The van der Waals surface area contributed by atoms with Crippen LogP contribution in [0.15, 0.2) is 0 Å². The predicted molar refractivity (Wildman–Crippen MR) is 77.7 cm³/mol. The maximum Gasteiger partial charge on any atom is 0.352 e. The summed E-state index contributed by atoms with van der Waals surface area (Å²) >= 11 is 0. The molecule has 0 radical (unpaired) electrons. The van der Waals surface area contributed by atoms with Crippen LogP contribution < -0.4 is 10.5 Å². The van der Waals surface area contributed by atoms with Gasteiger partial charge in [-0.05, 0) is 25.3 Å². The number of nitrogens with two attached hydrogens (primary N) is 1. The van der Waals surface area contributed by atoms with E-state index in [-0.39, 0.29) is 17.7 Å². The molecule has 3 N–H and O–H groups in total. The van der Waals surface area contributed by atoms with Crippen molar-refractivity contribution in [2.45, 2.75) is 38.6 Å². The van der Waals surface area contributed by atoms with Gasteiger partial charge in [0.25, 0.3) is 0 Å². The number of methoxy groups -OCH3 is 1. The Hall–Kier alpha value is -2.31. The van der Waals surface area contributed by atoms with Gasteiger partial charge < -0.3 is 20.1 Å². The van der Waals surface area contributed by atoms with Crippen LogP contribution in [-0.2, 0) is 0 Å². The molecule has 2 aromatic heterocycles. The summed E-state index contributed by atoms with van der Waals surface area (Å²) in [5.41, 5.74) is 7.18. The van der Waals surface area contributed by atoms with Crippen LogP contribution in [0.25, 0.3) is 11.0 Å². The number of hydrogen-bond acceptors (Lipinski definition) is 5. The Balaban J connectivity index is 2.39. The summed E-state index contributed by atoms with van der Waals surface area (Å²) in [4.78, 5) is 20.1. The Kier molecular flexibility index (Phi) is 3.19. The molecule has 0 unspecified atom stereocenters. The summed E-state index contributed by atoms with van der Waals surface area (Å²) < 4.78 is 7.07. The maximum absolute atomic E-state index is 11.7. The molecular formula is C14H18N4O3. The number of nitrogens with zero attached hydrogens (tertiary/aromatic N) is 3. The number of nitrogen functional groups attached to an aromatic ring is 1. The Morgan fingerprint density at radius 2 is 2.05 bits per heavy atom. The number of carboxylic acid groups (broad SMARTS) is 1. The standard InChI is InChI=1S/C14H18N4O3/c1-7-9-11(16-14(15)17-12(9)21-2)18(10(7)13(19)20)8-5-3-4-6-8/h8H,3-6H2,1-2H3,(H,19,20)(H2,15,16,17). The number of fused-ring (bicyclic) bond motifs is 1. The number of rotatable bonds is 3. The van der Waals surface area contributed by atoms with Gasteiger partial charge in [-0.25, -0.2) is 4.79 Å². The molecule has 0 aliphatic heterocycles. The van der Waals surface area contributed by atoms with E-state index in [0.29, 0.717) is 22.5 Å². The monoisotopic (exact) mass is 290 g/mol. The van der Waals surface area contributed by atoms with Crippen LogP contribution >= 0.6 is 0 Å². The molecule has 3 rings (SSSR count). The minimum Gasteiger partial charge on any atom is -0.480 e. The normalized spacial score (nSPS) is 15.7. The van der Waals surface area contributed by atoms with Gasteiger partial charge in [-0.2, -0.15) is 9.97 Å². The lowest BCUT2D eigenvalue weighted by Gasteiger charge is -2.15. The van der Waals surface area contributed by atoms with Gasteiger partial charge in [-0.3, -0.25) is 0 Å². The van der Waals surface area contributed by atoms with Crippen molar-refractivity contribution in [1.29, 1.82) is 0 Å². The quantitative estimate of drug-likeness (QED) is 0.897. The highest BCUT2D eigenvalue weighted by atomic mass is 16.5. The molecule has 2 aromatic rings. The van der Waals surface area contributed by atoms with Crippen molar-refractivity contribution in [2.24, 2.45) is 0 Å². The van der Waals surface area contributed by atoms with Crippen molar-refractivity contribution in [3.05, 3.63) is 11.3 Å². The van der Waals surface area contributed by atoms with E-state index < -0.39 is 5.97 Å². The molecule has 7 nitrogen and oxygen atoms in total. The van der Waals surface area contributed by atoms with Crippen LogP contribution in [0.1, 0.15) is 47.8 Å². The molecule has 0 amide bonds. The van der Waals surface area contributed by atoms with Crippen LogP contribution in [0, 0.1) is 6.92 Å². The SMILES string of the molecule is COc1nc(N)nc2c1c(C)c(C(=O)O)n2C1CCCC1. The Labute approximate surface area is 121 Å². The first-order chi connectivity index (χ1) is 10.0. The summed E-state index contributed by atoms with van der Waals surface area (Å²) in [6.45, 7) is 1.76. The molecule has 21 heavy (non-hydrogen) atoms. The number of carboxylic acids is 1. The third-order valence-corrected chi connectivity index (χ3v) is 4.16. The maximum atomic E-state index is 11.7. The molecule has 0 saturated heterocycles. The molecule has 112 valence electrons. The summed E-state index contributed by atoms with van der Waals surface area (Å²) in [6, 6.07) is 0.145. The first-order valence-corrected chi connectivity index (χ1v) is 7.00. The first-order valence-electron chi connectivity index (χ1n) is 7.00. The lowest BCUT2D eigenvalue weighted by molar-refractivity contribution is 0.0682. The number of aryl methyl sites for hydroxylation is 1. The van der Waals surface area contributed by atoms with Crippen molar-refractivity contribution in [3.8, 4) is 5.88 Å². The van der Waals surface area contributed by atoms with E-state index >= 15 is 0 Å². The van der Waals surface area contributed by atoms with Gasteiger partial charge in [0.15, 0.2) is 5.65 Å². The zero-order chi connectivity index (χ0) is 15.1. The Bertz CT molecular complexity index is 717. The minimum atomic E-state index is -0.960.